The highest BCUT2D eigenvalue weighted by Gasteiger charge is 2.08. The minimum absolute atomic E-state index is 0. The van der Waals surface area contributed by atoms with Gasteiger partial charge in [-0.1, -0.05) is 0 Å². The molecule has 0 saturated carbocycles. The molecule has 3 heterocycles. The van der Waals surface area contributed by atoms with Gasteiger partial charge in [-0.05, 0) is 32.4 Å². The molecular weight excluding hydrogens is 280 g/mol. The van der Waals surface area contributed by atoms with E-state index in [2.05, 4.69) is 21.3 Å². The van der Waals surface area contributed by atoms with Gasteiger partial charge in [0.1, 0.15) is 0 Å². The summed E-state index contributed by atoms with van der Waals surface area (Å²) in [4.78, 5) is 0. The topological polar surface area (TPSA) is 88.6 Å². The number of piperidine rings is 1. The summed E-state index contributed by atoms with van der Waals surface area (Å²) in [7, 11) is 0. The van der Waals surface area contributed by atoms with Crippen molar-refractivity contribution in [3.8, 4) is 0 Å². The van der Waals surface area contributed by atoms with E-state index >= 15 is 0 Å². The molecule has 0 unspecified atom stereocenters. The van der Waals surface area contributed by atoms with Crippen LogP contribution in [0.1, 0.15) is 19.3 Å². The van der Waals surface area contributed by atoms with Crippen molar-refractivity contribution < 1.29 is 10.2 Å². The van der Waals surface area contributed by atoms with E-state index in [-0.39, 0.29) is 24.6 Å². The zero-order valence-corrected chi connectivity index (χ0v) is 13.1. The first-order valence-electron chi connectivity index (χ1n) is 7.48. The Morgan fingerprint density at radius 2 is 1.10 bits per heavy atom. The van der Waals surface area contributed by atoms with E-state index in [9.17, 15) is 0 Å². The summed E-state index contributed by atoms with van der Waals surface area (Å²) in [5, 5.41) is 30.1. The summed E-state index contributed by atoms with van der Waals surface area (Å²) < 4.78 is 0. The minimum Gasteiger partial charge on any atom is -0.392 e. The zero-order valence-electron chi connectivity index (χ0n) is 12.2. The highest BCUT2D eigenvalue weighted by molar-refractivity contribution is 5.85. The summed E-state index contributed by atoms with van der Waals surface area (Å²) in [6.07, 6.45) is 2.90. The van der Waals surface area contributed by atoms with Crippen LogP contribution in [0.15, 0.2) is 0 Å². The average molecular weight is 311 g/mol. The second-order valence-corrected chi connectivity index (χ2v) is 5.15. The van der Waals surface area contributed by atoms with Crippen LogP contribution < -0.4 is 21.3 Å². The molecule has 3 aliphatic heterocycles. The van der Waals surface area contributed by atoms with Crippen molar-refractivity contribution in [2.24, 2.45) is 0 Å². The fraction of sp³-hybridized carbons (Fsp3) is 1.00. The van der Waals surface area contributed by atoms with E-state index < -0.39 is 0 Å². The highest BCUT2D eigenvalue weighted by atomic mass is 35.5. The number of halogens is 1. The Bertz CT molecular complexity index is 185. The van der Waals surface area contributed by atoms with Gasteiger partial charge in [0, 0.05) is 39.3 Å². The molecule has 0 bridgehead atoms. The molecule has 3 saturated heterocycles. The van der Waals surface area contributed by atoms with Crippen LogP contribution in [0.2, 0.25) is 0 Å². The Morgan fingerprint density at radius 3 is 1.30 bits per heavy atom. The van der Waals surface area contributed by atoms with Crippen molar-refractivity contribution in [1.29, 1.82) is 0 Å². The van der Waals surface area contributed by atoms with E-state index in [1.54, 1.807) is 0 Å². The first-order valence-corrected chi connectivity index (χ1v) is 7.48. The molecule has 0 aliphatic carbocycles. The number of rotatable bonds is 0. The third kappa shape index (κ3) is 11.8. The van der Waals surface area contributed by atoms with Crippen LogP contribution in [0.5, 0.6) is 0 Å². The molecule has 20 heavy (non-hydrogen) atoms. The number of nitrogens with one attached hydrogen (secondary N) is 4. The normalized spacial score (nSPS) is 29.1. The van der Waals surface area contributed by atoms with Crippen LogP contribution in [0.4, 0.5) is 0 Å². The largest absolute Gasteiger partial charge is 0.392 e. The second kappa shape index (κ2) is 14.0. The maximum Gasteiger partial charge on any atom is 0.0676 e. The van der Waals surface area contributed by atoms with Crippen molar-refractivity contribution in [3.05, 3.63) is 0 Å². The fourth-order valence-corrected chi connectivity index (χ4v) is 2.08. The highest BCUT2D eigenvalue weighted by Crippen LogP contribution is 1.98. The van der Waals surface area contributed by atoms with E-state index in [0.717, 1.165) is 71.6 Å². The van der Waals surface area contributed by atoms with Gasteiger partial charge in [0.2, 0.25) is 0 Å². The molecule has 2 atom stereocenters. The van der Waals surface area contributed by atoms with Gasteiger partial charge >= 0.3 is 0 Å². The summed E-state index contributed by atoms with van der Waals surface area (Å²) in [6.45, 7) is 8.21. The van der Waals surface area contributed by atoms with Gasteiger partial charge in [0.05, 0.1) is 12.2 Å². The predicted octanol–water partition coefficient (Wildman–Crippen LogP) is -1.33. The predicted molar refractivity (Wildman–Crippen MR) is 84.6 cm³/mol. The molecule has 0 aromatic rings. The first-order chi connectivity index (χ1) is 9.29. The van der Waals surface area contributed by atoms with Gasteiger partial charge in [0.15, 0.2) is 0 Å². The Hall–Kier alpha value is 0.0500. The standard InChI is InChI=1S/C5H11NO.C4H10N2.C4H9NO.ClH/c7-5-2-1-3-6-4-5;1-2-6-4-3-5-1;6-4-1-2-5-3-4;/h5-7H,1-4H2;5-6H,1-4H2;4-6H,1-3H2;1H/t5-;;4-;/m1.0./s1. The number of β-amino-alcohol motifs (C(OH)–C–C–N with tert-alkyl or cyclic N) is 2. The first kappa shape index (κ1) is 20.1. The van der Waals surface area contributed by atoms with Crippen molar-refractivity contribution in [2.75, 3.05) is 52.4 Å². The van der Waals surface area contributed by atoms with Crippen LogP contribution in [0.25, 0.3) is 0 Å². The van der Waals surface area contributed by atoms with Crippen LogP contribution >= 0.6 is 12.4 Å². The number of hydrogen-bond acceptors (Lipinski definition) is 6. The Kier molecular flexibility index (Phi) is 14.0. The van der Waals surface area contributed by atoms with Gasteiger partial charge in [-0.2, -0.15) is 0 Å². The summed E-state index contributed by atoms with van der Waals surface area (Å²) in [5.41, 5.74) is 0. The molecule has 3 rings (SSSR count). The number of hydrogen-bond donors (Lipinski definition) is 6. The van der Waals surface area contributed by atoms with Crippen LogP contribution in [-0.2, 0) is 0 Å². The smallest absolute Gasteiger partial charge is 0.0676 e. The average Bonchev–Trinajstić information content (AvgIpc) is 2.94. The van der Waals surface area contributed by atoms with Crippen LogP contribution in [0, 0.1) is 0 Å². The zero-order chi connectivity index (χ0) is 13.8. The quantitative estimate of drug-likeness (QED) is 0.332. The van der Waals surface area contributed by atoms with Gasteiger partial charge < -0.3 is 31.5 Å². The van der Waals surface area contributed by atoms with E-state index in [0.29, 0.717) is 0 Å². The van der Waals surface area contributed by atoms with Gasteiger partial charge in [-0.25, -0.2) is 0 Å². The Labute approximate surface area is 128 Å². The van der Waals surface area contributed by atoms with Gasteiger partial charge in [-0.15, -0.1) is 12.4 Å². The van der Waals surface area contributed by atoms with Crippen LogP contribution in [-0.4, -0.2) is 74.8 Å². The molecule has 3 aliphatic rings. The summed E-state index contributed by atoms with van der Waals surface area (Å²) in [6, 6.07) is 0. The maximum absolute atomic E-state index is 8.85. The Balaban J connectivity index is 0.000000265. The molecule has 0 aromatic heterocycles. The number of aliphatic hydroxyl groups is 2. The Morgan fingerprint density at radius 1 is 0.600 bits per heavy atom. The molecular formula is C13H31ClN4O2. The monoisotopic (exact) mass is 310 g/mol. The van der Waals surface area contributed by atoms with E-state index in [1.165, 1.54) is 0 Å². The van der Waals surface area contributed by atoms with Gasteiger partial charge in [-0.3, -0.25) is 0 Å². The third-order valence-electron chi connectivity index (χ3n) is 3.26. The lowest BCUT2D eigenvalue weighted by atomic mass is 10.1. The third-order valence-corrected chi connectivity index (χ3v) is 3.26. The van der Waals surface area contributed by atoms with E-state index in [4.69, 9.17) is 10.2 Å². The lowest BCUT2D eigenvalue weighted by molar-refractivity contribution is 0.142. The molecule has 7 heteroatoms. The summed E-state index contributed by atoms with van der Waals surface area (Å²) in [5.74, 6) is 0. The maximum atomic E-state index is 8.85. The molecule has 6 nitrogen and oxygen atoms in total. The lowest BCUT2D eigenvalue weighted by Crippen LogP contribution is -2.39. The molecule has 0 amide bonds. The second-order valence-electron chi connectivity index (χ2n) is 5.15. The SMILES string of the molecule is C1CNCCN1.Cl.O[C@@H]1CCCNC1.O[C@H]1CCNC1. The van der Waals surface area contributed by atoms with Crippen molar-refractivity contribution >= 4 is 12.4 Å². The van der Waals surface area contributed by atoms with Crippen molar-refractivity contribution in [2.45, 2.75) is 31.5 Å². The molecule has 0 radical (unpaired) electrons. The number of piperazine rings is 1. The minimum atomic E-state index is -0.0752. The molecule has 0 spiro atoms. The molecule has 6 N–H and O–H groups in total. The molecule has 122 valence electrons. The van der Waals surface area contributed by atoms with Gasteiger partial charge in [0.25, 0.3) is 0 Å². The van der Waals surface area contributed by atoms with Crippen molar-refractivity contribution in [3.63, 3.8) is 0 Å². The fourth-order valence-electron chi connectivity index (χ4n) is 2.08. The van der Waals surface area contributed by atoms with Crippen LogP contribution in [0.3, 0.4) is 0 Å². The van der Waals surface area contributed by atoms with E-state index in [1.807, 2.05) is 0 Å². The molecule has 0 aromatic carbocycles. The van der Waals surface area contributed by atoms with Crippen molar-refractivity contribution in [1.82, 2.24) is 21.3 Å². The lowest BCUT2D eigenvalue weighted by Gasteiger charge is -2.16. The molecule has 3 fully saturated rings. The number of aliphatic hydroxyl groups excluding tert-OH is 2. The summed E-state index contributed by atoms with van der Waals surface area (Å²) >= 11 is 0.